The van der Waals surface area contributed by atoms with Gasteiger partial charge in [0, 0.05) is 19.1 Å². The monoisotopic (exact) mass is 229 g/mol. The number of ether oxygens (including phenoxy) is 1. The Kier molecular flexibility index (Phi) is 6.61. The summed E-state index contributed by atoms with van der Waals surface area (Å²) in [7, 11) is 1.98. The Labute approximate surface area is 97.6 Å². The Morgan fingerprint density at radius 1 is 1.44 bits per heavy atom. The van der Waals surface area contributed by atoms with E-state index in [4.69, 9.17) is 9.84 Å². The van der Waals surface area contributed by atoms with Crippen molar-refractivity contribution in [3.05, 3.63) is 0 Å². The average Bonchev–Trinajstić information content (AvgIpc) is 2.77. The van der Waals surface area contributed by atoms with Gasteiger partial charge < -0.3 is 9.84 Å². The molecule has 1 heterocycles. The molecule has 1 unspecified atom stereocenters. The average molecular weight is 229 g/mol. The number of Topliss-reactive ketones (excluding diaryl/α,β-unsaturated/α-hetero) is 1. The van der Waals surface area contributed by atoms with Crippen LogP contribution < -0.4 is 0 Å². The number of carbonyl (C=O) groups excluding carboxylic acids is 1. The van der Waals surface area contributed by atoms with Crippen molar-refractivity contribution in [2.45, 2.75) is 25.7 Å². The van der Waals surface area contributed by atoms with Crippen LogP contribution in [0.2, 0.25) is 0 Å². The molecule has 1 aliphatic rings. The van der Waals surface area contributed by atoms with Crippen LogP contribution in [0, 0.1) is 5.92 Å². The Morgan fingerprint density at radius 3 is 2.88 bits per heavy atom. The third kappa shape index (κ3) is 5.05. The van der Waals surface area contributed by atoms with Crippen molar-refractivity contribution in [2.24, 2.45) is 5.92 Å². The van der Waals surface area contributed by atoms with Gasteiger partial charge in [0.05, 0.1) is 13.2 Å². The second-order valence-electron chi connectivity index (χ2n) is 4.55. The highest BCUT2D eigenvalue weighted by atomic mass is 16.5. The van der Waals surface area contributed by atoms with Crippen molar-refractivity contribution in [1.82, 2.24) is 4.90 Å². The highest BCUT2D eigenvalue weighted by Crippen LogP contribution is 2.13. The van der Waals surface area contributed by atoms with Gasteiger partial charge in [-0.2, -0.15) is 0 Å². The molecule has 0 bridgehead atoms. The van der Waals surface area contributed by atoms with Crippen LogP contribution in [0.3, 0.4) is 0 Å². The van der Waals surface area contributed by atoms with E-state index in [1.54, 1.807) is 0 Å². The van der Waals surface area contributed by atoms with E-state index < -0.39 is 0 Å². The highest BCUT2D eigenvalue weighted by Gasteiger charge is 2.23. The molecule has 0 spiro atoms. The van der Waals surface area contributed by atoms with Gasteiger partial charge >= 0.3 is 0 Å². The molecule has 94 valence electrons. The van der Waals surface area contributed by atoms with Gasteiger partial charge in [0.2, 0.25) is 0 Å². The molecule has 1 atom stereocenters. The molecule has 0 aliphatic carbocycles. The first kappa shape index (κ1) is 13.6. The fraction of sp³-hybridized carbons (Fsp3) is 0.917. The van der Waals surface area contributed by atoms with Gasteiger partial charge in [-0.25, -0.2) is 0 Å². The van der Waals surface area contributed by atoms with E-state index in [1.807, 2.05) is 7.05 Å². The predicted molar refractivity (Wildman–Crippen MR) is 62.4 cm³/mol. The van der Waals surface area contributed by atoms with Crippen LogP contribution >= 0.6 is 0 Å². The Hall–Kier alpha value is -0.450. The van der Waals surface area contributed by atoms with Crippen LogP contribution in [0.15, 0.2) is 0 Å². The highest BCUT2D eigenvalue weighted by molar-refractivity contribution is 5.83. The molecule has 0 saturated carbocycles. The lowest BCUT2D eigenvalue weighted by molar-refractivity contribution is -0.123. The lowest BCUT2D eigenvalue weighted by atomic mass is 10.0. The maximum Gasteiger partial charge on any atom is 0.152 e. The first-order valence-electron chi connectivity index (χ1n) is 6.14. The first-order chi connectivity index (χ1) is 7.74. The zero-order chi connectivity index (χ0) is 11.8. The molecule has 0 amide bonds. The molecule has 4 heteroatoms. The van der Waals surface area contributed by atoms with E-state index in [9.17, 15) is 4.79 Å². The van der Waals surface area contributed by atoms with Crippen molar-refractivity contribution in [2.75, 3.05) is 40.0 Å². The summed E-state index contributed by atoms with van der Waals surface area (Å²) >= 11 is 0. The summed E-state index contributed by atoms with van der Waals surface area (Å²) in [6, 6.07) is 0. The third-order valence-electron chi connectivity index (χ3n) is 3.01. The van der Waals surface area contributed by atoms with Crippen LogP contribution in [0.4, 0.5) is 0 Å². The van der Waals surface area contributed by atoms with Gasteiger partial charge in [0.15, 0.2) is 5.78 Å². The number of rotatable bonds is 8. The van der Waals surface area contributed by atoms with Gasteiger partial charge in [-0.15, -0.1) is 0 Å². The summed E-state index contributed by atoms with van der Waals surface area (Å²) in [4.78, 5) is 13.9. The Balaban J connectivity index is 2.08. The molecule has 16 heavy (non-hydrogen) atoms. The lowest BCUT2D eigenvalue weighted by Crippen LogP contribution is -2.31. The summed E-state index contributed by atoms with van der Waals surface area (Å²) in [5, 5.41) is 8.64. The smallest absolute Gasteiger partial charge is 0.152 e. The second-order valence-corrected chi connectivity index (χ2v) is 4.55. The summed E-state index contributed by atoms with van der Waals surface area (Å²) in [5.74, 6) is 0.432. The number of hydrogen-bond donors (Lipinski definition) is 1. The molecule has 0 radical (unpaired) electrons. The number of carbonyl (C=O) groups is 1. The van der Waals surface area contributed by atoms with Gasteiger partial charge in [-0.3, -0.25) is 9.69 Å². The van der Waals surface area contributed by atoms with E-state index in [2.05, 4.69) is 4.90 Å². The Bertz CT molecular complexity index is 202. The SMILES string of the molecule is CN(CCCCCO)CC(=O)C1CCOC1. The zero-order valence-corrected chi connectivity index (χ0v) is 10.2. The van der Waals surface area contributed by atoms with E-state index in [1.165, 1.54) is 0 Å². The Morgan fingerprint density at radius 2 is 2.25 bits per heavy atom. The summed E-state index contributed by atoms with van der Waals surface area (Å²) < 4.78 is 5.21. The van der Waals surface area contributed by atoms with Gasteiger partial charge in [-0.1, -0.05) is 0 Å². The second kappa shape index (κ2) is 7.76. The van der Waals surface area contributed by atoms with Gasteiger partial charge in [0.25, 0.3) is 0 Å². The molecule has 0 aromatic carbocycles. The van der Waals surface area contributed by atoms with E-state index >= 15 is 0 Å². The number of likely N-dealkylation sites (N-methyl/N-ethyl adjacent to an activating group) is 1. The number of aliphatic hydroxyl groups is 1. The molecule has 0 aromatic rings. The lowest BCUT2D eigenvalue weighted by Gasteiger charge is -2.17. The number of nitrogens with zero attached hydrogens (tertiary/aromatic N) is 1. The van der Waals surface area contributed by atoms with Crippen LogP contribution in [0.5, 0.6) is 0 Å². The maximum absolute atomic E-state index is 11.8. The molecular weight excluding hydrogens is 206 g/mol. The summed E-state index contributed by atoms with van der Waals surface area (Å²) in [6.07, 6.45) is 3.82. The molecule has 4 nitrogen and oxygen atoms in total. The van der Waals surface area contributed by atoms with Crippen molar-refractivity contribution in [3.8, 4) is 0 Å². The minimum absolute atomic E-state index is 0.125. The zero-order valence-electron chi connectivity index (χ0n) is 10.2. The van der Waals surface area contributed by atoms with Crippen molar-refractivity contribution in [3.63, 3.8) is 0 Å². The topological polar surface area (TPSA) is 49.8 Å². The third-order valence-corrected chi connectivity index (χ3v) is 3.01. The van der Waals surface area contributed by atoms with Crippen LogP contribution in [0.25, 0.3) is 0 Å². The van der Waals surface area contributed by atoms with E-state index in [0.29, 0.717) is 18.9 Å². The molecule has 1 fully saturated rings. The van der Waals surface area contributed by atoms with Gasteiger partial charge in [-0.05, 0) is 39.3 Å². The maximum atomic E-state index is 11.8. The molecule has 1 aliphatic heterocycles. The number of hydrogen-bond acceptors (Lipinski definition) is 4. The minimum atomic E-state index is 0.125. The van der Waals surface area contributed by atoms with Gasteiger partial charge in [0.1, 0.15) is 0 Å². The fourth-order valence-electron chi connectivity index (χ4n) is 1.93. The minimum Gasteiger partial charge on any atom is -0.396 e. The normalized spacial score (nSPS) is 20.6. The fourth-order valence-corrected chi connectivity index (χ4v) is 1.93. The summed E-state index contributed by atoms with van der Waals surface area (Å²) in [5.41, 5.74) is 0. The van der Waals surface area contributed by atoms with Crippen molar-refractivity contribution >= 4 is 5.78 Å². The van der Waals surface area contributed by atoms with E-state index in [-0.39, 0.29) is 12.5 Å². The number of ketones is 1. The van der Waals surface area contributed by atoms with Crippen molar-refractivity contribution < 1.29 is 14.6 Å². The summed E-state index contributed by atoms with van der Waals surface area (Å²) in [6.45, 7) is 3.07. The largest absolute Gasteiger partial charge is 0.396 e. The van der Waals surface area contributed by atoms with Crippen LogP contribution in [-0.2, 0) is 9.53 Å². The molecule has 1 N–H and O–H groups in total. The quantitative estimate of drug-likeness (QED) is 0.622. The number of aliphatic hydroxyl groups excluding tert-OH is 1. The number of unbranched alkanes of at least 4 members (excludes halogenated alkanes) is 2. The van der Waals surface area contributed by atoms with Crippen LogP contribution in [0.1, 0.15) is 25.7 Å². The standard InChI is InChI=1S/C12H23NO3/c1-13(6-3-2-4-7-14)9-12(15)11-5-8-16-10-11/h11,14H,2-10H2,1H3. The first-order valence-corrected chi connectivity index (χ1v) is 6.14. The predicted octanol–water partition coefficient (Wildman–Crippen LogP) is 0.686. The van der Waals surface area contributed by atoms with Crippen molar-refractivity contribution in [1.29, 1.82) is 0 Å². The van der Waals surface area contributed by atoms with E-state index in [0.717, 1.165) is 38.8 Å². The molecule has 1 rings (SSSR count). The van der Waals surface area contributed by atoms with Crippen LogP contribution in [-0.4, -0.2) is 55.7 Å². The molecule has 0 aromatic heterocycles. The molecule has 1 saturated heterocycles. The molecular formula is C12H23NO3.